The summed E-state index contributed by atoms with van der Waals surface area (Å²) in [6.07, 6.45) is 4.76. The molecule has 0 saturated carbocycles. The zero-order chi connectivity index (χ0) is 14.5. The maximum absolute atomic E-state index is 12.2. The van der Waals surface area contributed by atoms with Gasteiger partial charge in [0.1, 0.15) is 0 Å². The molecule has 1 aromatic carbocycles. The molecule has 1 N–H and O–H groups in total. The van der Waals surface area contributed by atoms with Crippen molar-refractivity contribution in [1.82, 2.24) is 14.9 Å². The summed E-state index contributed by atoms with van der Waals surface area (Å²) in [5.41, 5.74) is 2.62. The van der Waals surface area contributed by atoms with Crippen molar-refractivity contribution in [3.05, 3.63) is 53.9 Å². The second-order valence-corrected chi connectivity index (χ2v) is 5.08. The molecular weight excluding hydrogens is 264 g/mol. The molecule has 0 unspecified atom stereocenters. The Kier molecular flexibility index (Phi) is 4.09. The number of benzene rings is 1. The fraction of sp³-hybridized carbons (Fsp3) is 0.312. The molecule has 5 nitrogen and oxygen atoms in total. The van der Waals surface area contributed by atoms with Gasteiger partial charge in [-0.3, -0.25) is 4.79 Å². The second kappa shape index (κ2) is 6.35. The van der Waals surface area contributed by atoms with Crippen LogP contribution in [0, 0.1) is 0 Å². The van der Waals surface area contributed by atoms with E-state index < -0.39 is 0 Å². The summed E-state index contributed by atoms with van der Waals surface area (Å²) < 4.78 is 0. The van der Waals surface area contributed by atoms with Gasteiger partial charge in [0.2, 0.25) is 11.9 Å². The number of amides is 1. The van der Waals surface area contributed by atoms with Gasteiger partial charge < -0.3 is 10.2 Å². The van der Waals surface area contributed by atoms with Gasteiger partial charge in [-0.05, 0) is 23.6 Å². The van der Waals surface area contributed by atoms with Crippen molar-refractivity contribution in [1.29, 1.82) is 0 Å². The molecule has 3 rings (SSSR count). The van der Waals surface area contributed by atoms with Crippen LogP contribution in [-0.4, -0.2) is 33.9 Å². The highest BCUT2D eigenvalue weighted by atomic mass is 16.2. The fourth-order valence-corrected chi connectivity index (χ4v) is 2.54. The van der Waals surface area contributed by atoms with E-state index in [4.69, 9.17) is 0 Å². The molecule has 0 saturated heterocycles. The minimum absolute atomic E-state index is 0.174. The SMILES string of the molecule is O=C(CCNc1ncccn1)N1CCc2ccccc2C1. The number of hydrogen-bond acceptors (Lipinski definition) is 4. The van der Waals surface area contributed by atoms with Crippen LogP contribution in [-0.2, 0) is 17.8 Å². The quantitative estimate of drug-likeness (QED) is 0.930. The number of nitrogens with zero attached hydrogens (tertiary/aromatic N) is 3. The third-order valence-corrected chi connectivity index (χ3v) is 3.67. The lowest BCUT2D eigenvalue weighted by Crippen LogP contribution is -2.36. The molecule has 0 fully saturated rings. The van der Waals surface area contributed by atoms with Gasteiger partial charge in [0.05, 0.1) is 0 Å². The Hall–Kier alpha value is -2.43. The zero-order valence-corrected chi connectivity index (χ0v) is 11.8. The number of hydrogen-bond donors (Lipinski definition) is 1. The van der Waals surface area contributed by atoms with E-state index in [9.17, 15) is 4.79 Å². The number of aromatic nitrogens is 2. The first kappa shape index (κ1) is 13.5. The average molecular weight is 282 g/mol. The summed E-state index contributed by atoms with van der Waals surface area (Å²) in [6.45, 7) is 2.08. The predicted octanol–water partition coefficient (Wildman–Crippen LogP) is 1.86. The normalized spacial score (nSPS) is 13.6. The van der Waals surface area contributed by atoms with Crippen molar-refractivity contribution < 1.29 is 4.79 Å². The summed E-state index contributed by atoms with van der Waals surface area (Å²) in [7, 11) is 0. The first-order chi connectivity index (χ1) is 10.3. The molecular formula is C16H18N4O. The smallest absolute Gasteiger partial charge is 0.224 e. The molecule has 0 bridgehead atoms. The van der Waals surface area contributed by atoms with E-state index in [2.05, 4.69) is 33.5 Å². The number of carbonyl (C=O) groups is 1. The van der Waals surface area contributed by atoms with E-state index in [0.717, 1.165) is 19.5 Å². The van der Waals surface area contributed by atoms with Crippen molar-refractivity contribution in [2.45, 2.75) is 19.4 Å². The van der Waals surface area contributed by atoms with E-state index in [1.165, 1.54) is 11.1 Å². The summed E-state index contributed by atoms with van der Waals surface area (Å²) in [4.78, 5) is 22.3. The molecule has 1 aromatic heterocycles. The Morgan fingerprint density at radius 1 is 1.14 bits per heavy atom. The fourth-order valence-electron chi connectivity index (χ4n) is 2.54. The van der Waals surface area contributed by atoms with E-state index in [1.807, 2.05) is 11.0 Å². The standard InChI is InChI=1S/C16H18N4O/c21-15(6-10-19-16-17-8-3-9-18-16)20-11-7-13-4-1-2-5-14(13)12-20/h1-5,8-9H,6-7,10-12H2,(H,17,18,19). The largest absolute Gasteiger partial charge is 0.354 e. The van der Waals surface area contributed by atoms with Gasteiger partial charge in [0, 0.05) is 38.4 Å². The van der Waals surface area contributed by atoms with Crippen LogP contribution in [0.25, 0.3) is 0 Å². The number of rotatable bonds is 4. The van der Waals surface area contributed by atoms with Crippen LogP contribution in [0.5, 0.6) is 0 Å². The number of fused-ring (bicyclic) bond motifs is 1. The van der Waals surface area contributed by atoms with Crippen molar-refractivity contribution >= 4 is 11.9 Å². The molecule has 1 amide bonds. The average Bonchev–Trinajstić information content (AvgIpc) is 2.55. The topological polar surface area (TPSA) is 58.1 Å². The molecule has 0 radical (unpaired) electrons. The maximum Gasteiger partial charge on any atom is 0.224 e. The van der Waals surface area contributed by atoms with Crippen molar-refractivity contribution in [3.8, 4) is 0 Å². The van der Waals surface area contributed by atoms with Crippen LogP contribution in [0.15, 0.2) is 42.7 Å². The van der Waals surface area contributed by atoms with Gasteiger partial charge in [0.25, 0.3) is 0 Å². The molecule has 21 heavy (non-hydrogen) atoms. The molecule has 2 heterocycles. The van der Waals surface area contributed by atoms with Gasteiger partial charge in [0.15, 0.2) is 0 Å². The highest BCUT2D eigenvalue weighted by molar-refractivity contribution is 5.77. The Morgan fingerprint density at radius 3 is 2.71 bits per heavy atom. The first-order valence-electron chi connectivity index (χ1n) is 7.18. The lowest BCUT2D eigenvalue weighted by Gasteiger charge is -2.29. The van der Waals surface area contributed by atoms with Gasteiger partial charge in [-0.25, -0.2) is 9.97 Å². The Balaban J connectivity index is 1.50. The monoisotopic (exact) mass is 282 g/mol. The van der Waals surface area contributed by atoms with E-state index in [1.54, 1.807) is 18.5 Å². The van der Waals surface area contributed by atoms with Crippen LogP contribution in [0.3, 0.4) is 0 Å². The summed E-state index contributed by atoms with van der Waals surface area (Å²) in [6, 6.07) is 10.1. The van der Waals surface area contributed by atoms with Crippen LogP contribution < -0.4 is 5.32 Å². The predicted molar refractivity (Wildman–Crippen MR) is 80.7 cm³/mol. The number of anilines is 1. The Bertz CT molecular complexity index is 615. The Labute approximate surface area is 124 Å². The molecule has 0 spiro atoms. The molecule has 1 aliphatic rings. The van der Waals surface area contributed by atoms with Gasteiger partial charge in [-0.1, -0.05) is 24.3 Å². The van der Waals surface area contributed by atoms with Crippen molar-refractivity contribution in [2.24, 2.45) is 0 Å². The van der Waals surface area contributed by atoms with Crippen LogP contribution in [0.1, 0.15) is 17.5 Å². The van der Waals surface area contributed by atoms with Gasteiger partial charge in [-0.15, -0.1) is 0 Å². The van der Waals surface area contributed by atoms with Crippen LogP contribution >= 0.6 is 0 Å². The summed E-state index contributed by atoms with van der Waals surface area (Å²) in [5, 5.41) is 3.06. The Morgan fingerprint density at radius 2 is 1.90 bits per heavy atom. The minimum Gasteiger partial charge on any atom is -0.354 e. The lowest BCUT2D eigenvalue weighted by molar-refractivity contribution is -0.131. The highest BCUT2D eigenvalue weighted by Gasteiger charge is 2.19. The summed E-state index contributed by atoms with van der Waals surface area (Å²) >= 11 is 0. The molecule has 1 aliphatic heterocycles. The first-order valence-corrected chi connectivity index (χ1v) is 7.18. The second-order valence-electron chi connectivity index (χ2n) is 5.08. The third kappa shape index (κ3) is 3.37. The molecule has 5 heteroatoms. The van der Waals surface area contributed by atoms with E-state index in [0.29, 0.717) is 18.9 Å². The van der Waals surface area contributed by atoms with E-state index >= 15 is 0 Å². The number of nitrogens with one attached hydrogen (secondary N) is 1. The van der Waals surface area contributed by atoms with Crippen molar-refractivity contribution in [3.63, 3.8) is 0 Å². The highest BCUT2D eigenvalue weighted by Crippen LogP contribution is 2.18. The van der Waals surface area contributed by atoms with Gasteiger partial charge >= 0.3 is 0 Å². The van der Waals surface area contributed by atoms with Crippen LogP contribution in [0.2, 0.25) is 0 Å². The molecule has 0 atom stereocenters. The minimum atomic E-state index is 0.174. The third-order valence-electron chi connectivity index (χ3n) is 3.67. The zero-order valence-electron chi connectivity index (χ0n) is 11.8. The lowest BCUT2D eigenvalue weighted by atomic mass is 10.00. The summed E-state index contributed by atoms with van der Waals surface area (Å²) in [5.74, 6) is 0.738. The maximum atomic E-state index is 12.2. The van der Waals surface area contributed by atoms with E-state index in [-0.39, 0.29) is 5.91 Å². The van der Waals surface area contributed by atoms with Crippen LogP contribution in [0.4, 0.5) is 5.95 Å². The molecule has 0 aliphatic carbocycles. The van der Waals surface area contributed by atoms with Crippen molar-refractivity contribution in [2.75, 3.05) is 18.4 Å². The molecule has 108 valence electrons. The number of carbonyl (C=O) groups excluding carboxylic acids is 1. The van der Waals surface area contributed by atoms with Gasteiger partial charge in [-0.2, -0.15) is 0 Å². The molecule has 2 aromatic rings.